The minimum Gasteiger partial charge on any atom is -0.507 e. The maximum atomic E-state index is 10.9. The van der Waals surface area contributed by atoms with Crippen LogP contribution in [0.2, 0.25) is 0 Å². The molecule has 0 aliphatic carbocycles. The molecule has 22 rings (SSSR count). The summed E-state index contributed by atoms with van der Waals surface area (Å²) in [6, 6.07) is 39.3. The van der Waals surface area contributed by atoms with Crippen molar-refractivity contribution in [2.24, 2.45) is 0 Å². The zero-order chi connectivity index (χ0) is 52.8. The van der Waals surface area contributed by atoms with Crippen LogP contribution in [0, 0.1) is 47.4 Å². The summed E-state index contributed by atoms with van der Waals surface area (Å²) in [5.74, 6) is 26.8. The highest BCUT2D eigenvalue weighted by Gasteiger charge is 2.10. The highest BCUT2D eigenvalue weighted by molar-refractivity contribution is 5.57. The average Bonchev–Trinajstić information content (AvgIpc) is 3.44. The van der Waals surface area contributed by atoms with Gasteiger partial charge in [-0.05, 0) is 95.1 Å². The van der Waals surface area contributed by atoms with Crippen LogP contribution in [0.1, 0.15) is 66.8 Å². The van der Waals surface area contributed by atoms with Gasteiger partial charge in [-0.15, -0.1) is 0 Å². The van der Waals surface area contributed by atoms with Crippen molar-refractivity contribution in [1.29, 1.82) is 0 Å². The molecule has 12 heteroatoms. The number of hydrogen-bond acceptors (Lipinski definition) is 12. The number of ether oxygens (including phenoxy) is 6. The van der Waals surface area contributed by atoms with Crippen LogP contribution in [-0.2, 0) is 58.0 Å². The second-order valence-electron chi connectivity index (χ2n) is 17.8. The van der Waals surface area contributed by atoms with E-state index in [-0.39, 0.29) is 11.5 Å². The molecule has 16 heterocycles. The van der Waals surface area contributed by atoms with Crippen LogP contribution in [0.25, 0.3) is 0 Å². The Balaban J connectivity index is 0.885. The first-order valence-corrected chi connectivity index (χ1v) is 25.7. The molecule has 0 fully saturated rings. The predicted octanol–water partition coefficient (Wildman–Crippen LogP) is 7.24. The first-order valence-electron chi connectivity index (χ1n) is 25.7. The Hall–Kier alpha value is -7.56. The summed E-state index contributed by atoms with van der Waals surface area (Å²) in [5, 5.41) is 35.4. The van der Waals surface area contributed by atoms with Crippen LogP contribution >= 0.6 is 0 Å². The van der Waals surface area contributed by atoms with Gasteiger partial charge in [0.25, 0.3) is 0 Å². The Bertz CT molecular complexity index is 2800. The summed E-state index contributed by atoms with van der Waals surface area (Å²) in [6.45, 7) is 10.2. The number of methoxy groups -OCH3 is 2. The Labute approximate surface area is 448 Å². The topological polar surface area (TPSA) is 144 Å². The van der Waals surface area contributed by atoms with E-state index in [0.717, 1.165) is 81.8 Å². The Morgan fingerprint density at radius 3 is 0.947 bits per heavy atom. The lowest BCUT2D eigenvalue weighted by Gasteiger charge is -2.09. The van der Waals surface area contributed by atoms with Crippen LogP contribution in [0.3, 0.4) is 0 Å². The van der Waals surface area contributed by atoms with Crippen LogP contribution in [0.4, 0.5) is 0 Å². The molecule has 16 aliphatic rings. The summed E-state index contributed by atoms with van der Waals surface area (Å²) in [4.78, 5) is 0. The molecule has 0 atom stereocenters. The summed E-state index contributed by atoms with van der Waals surface area (Å²) in [6.07, 6.45) is 0.819. The largest absolute Gasteiger partial charge is 0.507 e. The molecule has 0 unspecified atom stereocenters. The molecule has 12 bridgehead atoms. The molecule has 0 saturated carbocycles. The van der Waals surface area contributed by atoms with Gasteiger partial charge in [0.2, 0.25) is 0 Å². The van der Waals surface area contributed by atoms with Gasteiger partial charge in [-0.1, -0.05) is 95.9 Å². The van der Waals surface area contributed by atoms with Crippen molar-refractivity contribution in [2.75, 3.05) is 93.3 Å². The second-order valence-corrected chi connectivity index (χ2v) is 17.8. The number of rotatable bonds is 2. The zero-order valence-corrected chi connectivity index (χ0v) is 43.6. The lowest BCUT2D eigenvalue weighted by Crippen LogP contribution is -2.22. The van der Waals surface area contributed by atoms with E-state index >= 15 is 0 Å². The first-order chi connectivity index (χ1) is 37.4. The maximum Gasteiger partial charge on any atom is 0.131 e. The van der Waals surface area contributed by atoms with E-state index in [9.17, 15) is 10.2 Å². The zero-order valence-electron chi connectivity index (χ0n) is 43.6. The van der Waals surface area contributed by atoms with Crippen molar-refractivity contribution in [3.63, 3.8) is 0 Å². The van der Waals surface area contributed by atoms with E-state index in [4.69, 9.17) is 28.4 Å². The van der Waals surface area contributed by atoms with E-state index in [1.54, 1.807) is 38.5 Å². The van der Waals surface area contributed by atoms with Crippen molar-refractivity contribution in [3.8, 4) is 70.4 Å². The van der Waals surface area contributed by atoms with Crippen molar-refractivity contribution in [1.82, 2.24) is 21.3 Å². The summed E-state index contributed by atoms with van der Waals surface area (Å²) >= 11 is 0. The fraction of sp³-hybridized carbons (Fsp3) is 0.312. The molecule has 0 saturated heterocycles. The smallest absolute Gasteiger partial charge is 0.131 e. The molecule has 0 aromatic heterocycles. The number of phenolic OH excluding ortho intramolecular Hbond substituents is 2. The van der Waals surface area contributed by atoms with Gasteiger partial charge in [0.1, 0.15) is 23.0 Å². The van der Waals surface area contributed by atoms with Gasteiger partial charge in [0.05, 0.1) is 78.2 Å². The molecular formula is C64H68N4O8. The number of benzene rings is 6. The molecule has 76 heavy (non-hydrogen) atoms. The van der Waals surface area contributed by atoms with E-state index in [1.807, 2.05) is 72.8 Å². The normalized spacial score (nSPS) is 15.3. The number of aromatic hydroxyl groups is 2. The van der Waals surface area contributed by atoms with Gasteiger partial charge >= 0.3 is 0 Å². The van der Waals surface area contributed by atoms with Crippen LogP contribution in [0.15, 0.2) is 121 Å². The standard InChI is InChI=1S/C64H68N4O8/c1-71-63-43-57-27-25-51-13-21-55(22-14-51)47-67-31-35-75-39-40-76-36-32-68-48-56-23-15-52(16-24-56)26-28-58-44-64(72-2)60(42-62(58)70)8-4-6-50-11-19-54(20-12-50)46-66-30-34-74-38-37-73-33-29-65-45-53-17-9-49(10-18-53)5-3-7-59(63)41-61(57)69/h9-24,41-44,65-70H,7-8,29-40,45-48H2,1-2H3. The molecule has 6 aromatic carbocycles. The van der Waals surface area contributed by atoms with Gasteiger partial charge in [0.15, 0.2) is 0 Å². The minimum absolute atomic E-state index is 0.0843. The lowest BCUT2D eigenvalue weighted by atomic mass is 10.1. The summed E-state index contributed by atoms with van der Waals surface area (Å²) < 4.78 is 34.3. The second kappa shape index (κ2) is 32.0. The third-order valence-electron chi connectivity index (χ3n) is 12.1. The molecule has 16 aliphatic heterocycles. The minimum atomic E-state index is 0.0843. The molecule has 392 valence electrons. The molecule has 0 spiro atoms. The fourth-order valence-corrected chi connectivity index (χ4v) is 7.82. The third-order valence-corrected chi connectivity index (χ3v) is 12.1. The monoisotopic (exact) mass is 1020 g/mol. The first kappa shape index (κ1) is 56.2. The molecule has 0 radical (unpaired) electrons. The van der Waals surface area contributed by atoms with Gasteiger partial charge < -0.3 is 59.9 Å². The van der Waals surface area contributed by atoms with Crippen LogP contribution in [-0.4, -0.2) is 103 Å². The van der Waals surface area contributed by atoms with Crippen molar-refractivity contribution >= 4 is 0 Å². The Kier molecular flexibility index (Phi) is 23.7. The van der Waals surface area contributed by atoms with Crippen LogP contribution < -0.4 is 30.7 Å². The highest BCUT2D eigenvalue weighted by atomic mass is 16.5. The Morgan fingerprint density at radius 1 is 0.368 bits per heavy atom. The van der Waals surface area contributed by atoms with Crippen molar-refractivity contribution in [3.05, 3.63) is 188 Å². The highest BCUT2D eigenvalue weighted by Crippen LogP contribution is 2.29. The molecule has 12 nitrogen and oxygen atoms in total. The molecule has 6 N–H and O–H groups in total. The van der Waals surface area contributed by atoms with Crippen molar-refractivity contribution in [2.45, 2.75) is 39.0 Å². The van der Waals surface area contributed by atoms with E-state index in [0.29, 0.717) is 115 Å². The predicted molar refractivity (Wildman–Crippen MR) is 298 cm³/mol. The van der Waals surface area contributed by atoms with Crippen LogP contribution in [0.5, 0.6) is 23.0 Å². The maximum absolute atomic E-state index is 10.9. The van der Waals surface area contributed by atoms with Gasteiger partial charge in [-0.3, -0.25) is 0 Å². The third kappa shape index (κ3) is 19.6. The summed E-state index contributed by atoms with van der Waals surface area (Å²) in [5.41, 5.74) is 10.6. The van der Waals surface area contributed by atoms with E-state index in [2.05, 4.69) is 92.9 Å². The fourth-order valence-electron chi connectivity index (χ4n) is 7.82. The summed E-state index contributed by atoms with van der Waals surface area (Å²) in [7, 11) is 3.22. The molecule has 6 aromatic rings. The van der Waals surface area contributed by atoms with E-state index < -0.39 is 0 Å². The number of nitrogens with one attached hydrogen (secondary N) is 4. The quantitative estimate of drug-likeness (QED) is 0.0974. The Morgan fingerprint density at radius 2 is 0.658 bits per heavy atom. The van der Waals surface area contributed by atoms with Crippen molar-refractivity contribution < 1.29 is 38.6 Å². The van der Waals surface area contributed by atoms with Gasteiger partial charge in [-0.2, -0.15) is 0 Å². The molecular weight excluding hydrogens is 953 g/mol. The van der Waals surface area contributed by atoms with Gasteiger partial charge in [-0.25, -0.2) is 0 Å². The van der Waals surface area contributed by atoms with E-state index in [1.165, 1.54) is 0 Å². The average molecular weight is 1020 g/mol. The lowest BCUT2D eigenvalue weighted by molar-refractivity contribution is 0.0498. The number of phenols is 2. The number of hydrogen-bond donors (Lipinski definition) is 6. The molecule has 0 amide bonds. The SMILES string of the molecule is COc1cc2c(O)cc1CC#Cc1ccc(cc1)CNCCOCCOCCNCc1ccc(cc1)C#CCc1cc(O)c(cc1OC)C#Cc1ccc(cc1)CNCCOCCOCCNCc1ccc(cc1)C#C2. The van der Waals surface area contributed by atoms with Gasteiger partial charge in [0, 0.05) is 98.6 Å².